The van der Waals surface area contributed by atoms with Crippen LogP contribution in [0.4, 0.5) is 0 Å². The Bertz CT molecular complexity index is 504. The highest BCUT2D eigenvalue weighted by molar-refractivity contribution is 6.09. The third-order valence-corrected chi connectivity index (χ3v) is 3.05. The average molecular weight is 273 g/mol. The Morgan fingerprint density at radius 1 is 1.50 bits per heavy atom. The van der Waals surface area contributed by atoms with Gasteiger partial charge in [0.15, 0.2) is 0 Å². The molecule has 0 aliphatic heterocycles. The molecule has 1 heterocycles. The summed E-state index contributed by atoms with van der Waals surface area (Å²) in [5.41, 5.74) is 2.67. The second kappa shape index (κ2) is 7.58. The Morgan fingerprint density at radius 3 is 2.65 bits per heavy atom. The number of hydrogen-bond donors (Lipinski definition) is 0. The van der Waals surface area contributed by atoms with Crippen molar-refractivity contribution in [3.63, 3.8) is 0 Å². The summed E-state index contributed by atoms with van der Waals surface area (Å²) in [5.74, 6) is 0.113. The molecule has 0 saturated carbocycles. The van der Waals surface area contributed by atoms with Crippen molar-refractivity contribution in [3.8, 4) is 0 Å². The number of aliphatic imine (C=N–C) groups is 1. The van der Waals surface area contributed by atoms with Gasteiger partial charge in [0, 0.05) is 43.2 Å². The Balaban J connectivity index is 3.04. The highest BCUT2D eigenvalue weighted by atomic mass is 16.2. The van der Waals surface area contributed by atoms with Gasteiger partial charge in [0.1, 0.15) is 0 Å². The number of allylic oxidation sites excluding steroid dienone is 2. The van der Waals surface area contributed by atoms with Gasteiger partial charge in [-0.3, -0.25) is 14.8 Å². The number of nitrogens with zero attached hydrogens (tertiary/aromatic N) is 3. The smallest absolute Gasteiger partial charge is 0.229 e. The lowest BCUT2D eigenvalue weighted by atomic mass is 10.1. The molecule has 0 spiro atoms. The van der Waals surface area contributed by atoms with Crippen molar-refractivity contribution in [1.82, 2.24) is 9.88 Å². The minimum Gasteiger partial charge on any atom is -0.316 e. The highest BCUT2D eigenvalue weighted by Gasteiger charge is 2.17. The van der Waals surface area contributed by atoms with Gasteiger partial charge in [-0.1, -0.05) is 13.8 Å². The molecule has 1 rings (SSSR count). The van der Waals surface area contributed by atoms with Crippen LogP contribution in [0.25, 0.3) is 0 Å². The van der Waals surface area contributed by atoms with E-state index in [2.05, 4.69) is 9.98 Å². The first-order valence-electron chi connectivity index (χ1n) is 6.88. The molecule has 0 unspecified atom stereocenters. The number of rotatable bonds is 5. The monoisotopic (exact) mass is 273 g/mol. The van der Waals surface area contributed by atoms with Gasteiger partial charge in [0.05, 0.1) is 5.71 Å². The minimum absolute atomic E-state index is 0.0151. The van der Waals surface area contributed by atoms with Crippen molar-refractivity contribution < 1.29 is 4.79 Å². The molecule has 0 aliphatic carbocycles. The average Bonchev–Trinajstić information content (AvgIpc) is 2.46. The molecule has 0 atom stereocenters. The summed E-state index contributed by atoms with van der Waals surface area (Å²) in [6.07, 6.45) is 5.43. The number of hydrogen-bond acceptors (Lipinski definition) is 3. The van der Waals surface area contributed by atoms with Crippen LogP contribution in [-0.2, 0) is 4.79 Å². The topological polar surface area (TPSA) is 45.6 Å². The molecule has 0 N–H and O–H groups in total. The van der Waals surface area contributed by atoms with Crippen LogP contribution in [0, 0.1) is 5.92 Å². The van der Waals surface area contributed by atoms with Crippen molar-refractivity contribution in [1.29, 1.82) is 0 Å². The second-order valence-electron chi connectivity index (χ2n) is 4.87. The third-order valence-electron chi connectivity index (χ3n) is 3.05. The molecule has 108 valence electrons. The van der Waals surface area contributed by atoms with Crippen molar-refractivity contribution >= 4 is 11.6 Å². The molecule has 0 fully saturated rings. The van der Waals surface area contributed by atoms with Gasteiger partial charge in [-0.25, -0.2) is 0 Å². The number of amides is 1. The molecule has 1 amide bonds. The summed E-state index contributed by atoms with van der Waals surface area (Å²) >= 11 is 0. The zero-order valence-corrected chi connectivity index (χ0v) is 12.9. The number of aromatic nitrogens is 1. The molecule has 20 heavy (non-hydrogen) atoms. The fourth-order valence-electron chi connectivity index (χ4n) is 1.96. The number of carbonyl (C=O) groups excluding carboxylic acids is 1. The van der Waals surface area contributed by atoms with E-state index in [9.17, 15) is 4.79 Å². The Kier molecular flexibility index (Phi) is 6.10. The van der Waals surface area contributed by atoms with E-state index in [0.29, 0.717) is 6.54 Å². The summed E-state index contributed by atoms with van der Waals surface area (Å²) in [7, 11) is 1.74. The Morgan fingerprint density at radius 2 is 2.20 bits per heavy atom. The standard InChI is InChI=1S/C16H23N3O/c1-6-19(16(20)12(2)3)13(4)10-15(17-5)14-8-7-9-18-11-14/h7-12H,6H2,1-5H3/b13-10+,17-15+. The fourth-order valence-corrected chi connectivity index (χ4v) is 1.96. The molecule has 1 aromatic rings. The van der Waals surface area contributed by atoms with Crippen LogP contribution < -0.4 is 0 Å². The van der Waals surface area contributed by atoms with Crippen LogP contribution in [-0.4, -0.2) is 35.1 Å². The van der Waals surface area contributed by atoms with Gasteiger partial charge in [-0.2, -0.15) is 0 Å². The van der Waals surface area contributed by atoms with Crippen molar-refractivity contribution in [2.75, 3.05) is 13.6 Å². The Labute approximate surface area is 121 Å². The zero-order valence-electron chi connectivity index (χ0n) is 12.9. The van der Waals surface area contributed by atoms with Gasteiger partial charge >= 0.3 is 0 Å². The van der Waals surface area contributed by atoms with Crippen LogP contribution in [0.15, 0.2) is 41.3 Å². The molecule has 4 heteroatoms. The quantitative estimate of drug-likeness (QED) is 0.774. The maximum Gasteiger partial charge on any atom is 0.229 e. The van der Waals surface area contributed by atoms with Crippen LogP contribution in [0.3, 0.4) is 0 Å². The molecule has 0 saturated heterocycles. The molecule has 0 aromatic carbocycles. The lowest BCUT2D eigenvalue weighted by molar-refractivity contribution is -0.132. The SMILES string of the molecule is CCN(C(=O)C(C)C)/C(C)=C/C(=N\C)c1cccnc1. The van der Waals surface area contributed by atoms with Gasteiger partial charge in [-0.15, -0.1) is 0 Å². The number of carbonyl (C=O) groups is 1. The lowest BCUT2D eigenvalue weighted by Gasteiger charge is -2.23. The molecule has 0 radical (unpaired) electrons. The molecule has 0 bridgehead atoms. The zero-order chi connectivity index (χ0) is 15.1. The number of pyridine rings is 1. The summed E-state index contributed by atoms with van der Waals surface area (Å²) in [6.45, 7) is 8.39. The van der Waals surface area contributed by atoms with E-state index in [1.54, 1.807) is 24.3 Å². The predicted molar refractivity (Wildman–Crippen MR) is 82.7 cm³/mol. The van der Waals surface area contributed by atoms with E-state index >= 15 is 0 Å². The Hall–Kier alpha value is -1.97. The van der Waals surface area contributed by atoms with Crippen LogP contribution in [0.5, 0.6) is 0 Å². The van der Waals surface area contributed by atoms with Crippen molar-refractivity contribution in [2.45, 2.75) is 27.7 Å². The second-order valence-corrected chi connectivity index (χ2v) is 4.87. The van der Waals surface area contributed by atoms with Crippen LogP contribution in [0.1, 0.15) is 33.3 Å². The van der Waals surface area contributed by atoms with Gasteiger partial charge in [-0.05, 0) is 32.1 Å². The summed E-state index contributed by atoms with van der Waals surface area (Å²) in [4.78, 5) is 22.3. The van der Waals surface area contributed by atoms with E-state index in [1.807, 2.05) is 45.9 Å². The highest BCUT2D eigenvalue weighted by Crippen LogP contribution is 2.11. The minimum atomic E-state index is -0.0151. The van der Waals surface area contributed by atoms with E-state index in [1.165, 1.54) is 0 Å². The third kappa shape index (κ3) is 4.02. The maximum absolute atomic E-state index is 12.2. The predicted octanol–water partition coefficient (Wildman–Crippen LogP) is 2.91. The van der Waals surface area contributed by atoms with Crippen molar-refractivity contribution in [3.05, 3.63) is 41.9 Å². The van der Waals surface area contributed by atoms with Gasteiger partial charge < -0.3 is 4.90 Å². The molecule has 1 aromatic heterocycles. The van der Waals surface area contributed by atoms with Gasteiger partial charge in [0.2, 0.25) is 5.91 Å². The van der Waals surface area contributed by atoms with Crippen molar-refractivity contribution in [2.24, 2.45) is 10.9 Å². The first kappa shape index (κ1) is 16.1. The summed E-state index contributed by atoms with van der Waals surface area (Å²) < 4.78 is 0. The largest absolute Gasteiger partial charge is 0.316 e. The first-order valence-corrected chi connectivity index (χ1v) is 6.88. The van der Waals surface area contributed by atoms with E-state index in [4.69, 9.17) is 0 Å². The normalized spacial score (nSPS) is 12.7. The molecule has 4 nitrogen and oxygen atoms in total. The maximum atomic E-state index is 12.2. The molecule has 0 aliphatic rings. The van der Waals surface area contributed by atoms with Crippen LogP contribution >= 0.6 is 0 Å². The lowest BCUT2D eigenvalue weighted by Crippen LogP contribution is -2.32. The van der Waals surface area contributed by atoms with E-state index < -0.39 is 0 Å². The molecular formula is C16H23N3O. The first-order chi connectivity index (χ1) is 9.51. The molecular weight excluding hydrogens is 250 g/mol. The van der Waals surface area contributed by atoms with Crippen LogP contribution in [0.2, 0.25) is 0 Å². The summed E-state index contributed by atoms with van der Waals surface area (Å²) in [6, 6.07) is 3.83. The van der Waals surface area contributed by atoms with Gasteiger partial charge in [0.25, 0.3) is 0 Å². The fraction of sp³-hybridized carbons (Fsp3) is 0.438. The summed E-state index contributed by atoms with van der Waals surface area (Å²) in [5, 5.41) is 0. The van der Waals surface area contributed by atoms with E-state index in [0.717, 1.165) is 17.0 Å². The van der Waals surface area contributed by atoms with E-state index in [-0.39, 0.29) is 11.8 Å².